The number of rotatable bonds is 4. The van der Waals surface area contributed by atoms with Crippen LogP contribution in [0.4, 0.5) is 0 Å². The lowest BCUT2D eigenvalue weighted by Gasteiger charge is -2.12. The lowest BCUT2D eigenvalue weighted by molar-refractivity contribution is -0.121. The van der Waals surface area contributed by atoms with Gasteiger partial charge in [-0.2, -0.15) is 0 Å². The molecule has 0 spiro atoms. The van der Waals surface area contributed by atoms with Gasteiger partial charge in [0.25, 0.3) is 11.8 Å². The molecule has 0 atom stereocenters. The summed E-state index contributed by atoms with van der Waals surface area (Å²) < 4.78 is 5.27. The number of hydrogen-bond donors (Lipinski definition) is 3. The summed E-state index contributed by atoms with van der Waals surface area (Å²) in [6, 6.07) is 11.0. The molecule has 0 heterocycles. The number of benzene rings is 2. The van der Waals surface area contributed by atoms with Gasteiger partial charge < -0.3 is 4.74 Å². The number of hydrazine groups is 1. The molecule has 2 amide bonds. The van der Waals surface area contributed by atoms with Crippen molar-refractivity contribution < 1.29 is 14.3 Å². The molecule has 0 saturated carbocycles. The molecule has 136 valence electrons. The second-order valence-corrected chi connectivity index (χ2v) is 6.51. The standard InChI is InChI=1S/C16H12Cl3N3O3S/c17-9-1-4-11(5-2-9)25-8-14(23)20-16(26)22-21-15(24)12-6-3-10(18)7-13(12)19/h1-7H,8H2,(H,21,24)(H2,20,22,23,26). The van der Waals surface area contributed by atoms with E-state index >= 15 is 0 Å². The van der Waals surface area contributed by atoms with Crippen LogP contribution in [0.3, 0.4) is 0 Å². The van der Waals surface area contributed by atoms with E-state index in [9.17, 15) is 9.59 Å². The van der Waals surface area contributed by atoms with Crippen molar-refractivity contribution in [1.82, 2.24) is 16.2 Å². The molecule has 2 rings (SSSR count). The van der Waals surface area contributed by atoms with Crippen molar-refractivity contribution in [2.45, 2.75) is 0 Å². The molecule has 0 unspecified atom stereocenters. The highest BCUT2D eigenvalue weighted by Gasteiger charge is 2.12. The van der Waals surface area contributed by atoms with Gasteiger partial charge >= 0.3 is 0 Å². The molecular formula is C16H12Cl3N3O3S. The average Bonchev–Trinajstić information content (AvgIpc) is 2.59. The van der Waals surface area contributed by atoms with Crippen LogP contribution in [0, 0.1) is 0 Å². The van der Waals surface area contributed by atoms with E-state index in [2.05, 4.69) is 16.2 Å². The summed E-state index contributed by atoms with van der Waals surface area (Å²) in [5.41, 5.74) is 4.91. The largest absolute Gasteiger partial charge is 0.484 e. The van der Waals surface area contributed by atoms with Gasteiger partial charge in [0.05, 0.1) is 10.6 Å². The number of hydrogen-bond acceptors (Lipinski definition) is 4. The predicted molar refractivity (Wildman–Crippen MR) is 105 cm³/mol. The van der Waals surface area contributed by atoms with Crippen molar-refractivity contribution in [2.24, 2.45) is 0 Å². The third kappa shape index (κ3) is 6.34. The first-order valence-electron chi connectivity index (χ1n) is 7.09. The topological polar surface area (TPSA) is 79.5 Å². The van der Waals surface area contributed by atoms with Crippen molar-refractivity contribution in [1.29, 1.82) is 0 Å². The van der Waals surface area contributed by atoms with E-state index in [1.54, 1.807) is 24.3 Å². The molecule has 0 radical (unpaired) electrons. The Bertz CT molecular complexity index is 831. The van der Waals surface area contributed by atoms with Gasteiger partial charge in [-0.1, -0.05) is 34.8 Å². The molecule has 0 bridgehead atoms. The SMILES string of the molecule is O=C(COc1ccc(Cl)cc1)NC(=S)NNC(=O)c1ccc(Cl)cc1Cl. The molecule has 2 aromatic carbocycles. The minimum Gasteiger partial charge on any atom is -0.484 e. The van der Waals surface area contributed by atoms with Crippen molar-refractivity contribution >= 4 is 63.9 Å². The van der Waals surface area contributed by atoms with Gasteiger partial charge in [-0.05, 0) is 54.7 Å². The van der Waals surface area contributed by atoms with Gasteiger partial charge in [-0.15, -0.1) is 0 Å². The zero-order valence-electron chi connectivity index (χ0n) is 13.0. The Morgan fingerprint density at radius 2 is 1.62 bits per heavy atom. The Labute approximate surface area is 169 Å². The van der Waals surface area contributed by atoms with E-state index in [-0.39, 0.29) is 22.3 Å². The highest BCUT2D eigenvalue weighted by molar-refractivity contribution is 7.80. The Kier molecular flexibility index (Phi) is 7.47. The molecule has 10 heteroatoms. The summed E-state index contributed by atoms with van der Waals surface area (Å²) in [6.45, 7) is -0.263. The van der Waals surface area contributed by atoms with Crippen LogP contribution in [-0.2, 0) is 4.79 Å². The molecule has 0 fully saturated rings. The number of carbonyl (C=O) groups is 2. The Hall–Kier alpha value is -2.06. The number of ether oxygens (including phenoxy) is 1. The molecule has 2 aromatic rings. The van der Waals surface area contributed by atoms with Gasteiger partial charge in [-0.25, -0.2) is 0 Å². The molecule has 6 nitrogen and oxygen atoms in total. The van der Waals surface area contributed by atoms with Gasteiger partial charge in [0, 0.05) is 10.0 Å². The zero-order valence-corrected chi connectivity index (χ0v) is 16.1. The molecule has 0 saturated heterocycles. The van der Waals surface area contributed by atoms with Crippen LogP contribution in [-0.4, -0.2) is 23.5 Å². The van der Waals surface area contributed by atoms with Crippen LogP contribution in [0.2, 0.25) is 15.1 Å². The van der Waals surface area contributed by atoms with Crippen LogP contribution in [0.15, 0.2) is 42.5 Å². The highest BCUT2D eigenvalue weighted by atomic mass is 35.5. The summed E-state index contributed by atoms with van der Waals surface area (Å²) in [5.74, 6) is -0.564. The molecule has 26 heavy (non-hydrogen) atoms. The molecular weight excluding hydrogens is 421 g/mol. The number of thiocarbonyl (C=S) groups is 1. The van der Waals surface area contributed by atoms with Gasteiger partial charge in [-0.3, -0.25) is 25.8 Å². The second kappa shape index (κ2) is 9.59. The van der Waals surface area contributed by atoms with E-state index in [1.807, 2.05) is 0 Å². The molecule has 0 aliphatic rings. The fourth-order valence-electron chi connectivity index (χ4n) is 1.73. The zero-order chi connectivity index (χ0) is 19.1. The van der Waals surface area contributed by atoms with Crippen LogP contribution < -0.4 is 20.9 Å². The number of halogens is 3. The van der Waals surface area contributed by atoms with Crippen LogP contribution >= 0.6 is 47.0 Å². The minimum atomic E-state index is -0.541. The van der Waals surface area contributed by atoms with E-state index in [0.29, 0.717) is 15.8 Å². The lowest BCUT2D eigenvalue weighted by atomic mass is 10.2. The quantitative estimate of drug-likeness (QED) is 0.510. The first-order valence-corrected chi connectivity index (χ1v) is 8.63. The van der Waals surface area contributed by atoms with Gasteiger partial charge in [0.2, 0.25) is 0 Å². The Balaban J connectivity index is 1.76. The van der Waals surface area contributed by atoms with Crippen LogP contribution in [0.1, 0.15) is 10.4 Å². The van der Waals surface area contributed by atoms with Crippen molar-refractivity contribution in [2.75, 3.05) is 6.61 Å². The first-order chi connectivity index (χ1) is 12.3. The van der Waals surface area contributed by atoms with Crippen LogP contribution in [0.25, 0.3) is 0 Å². The molecule has 0 aliphatic carbocycles. The van der Waals surface area contributed by atoms with Crippen molar-refractivity contribution in [3.05, 3.63) is 63.1 Å². The van der Waals surface area contributed by atoms with E-state index in [0.717, 1.165) is 0 Å². The third-order valence-electron chi connectivity index (χ3n) is 2.90. The van der Waals surface area contributed by atoms with E-state index in [4.69, 9.17) is 51.8 Å². The van der Waals surface area contributed by atoms with Gasteiger partial charge in [0.1, 0.15) is 5.75 Å². The monoisotopic (exact) mass is 431 g/mol. The third-order valence-corrected chi connectivity index (χ3v) is 3.91. The Morgan fingerprint density at radius 3 is 2.27 bits per heavy atom. The second-order valence-electron chi connectivity index (χ2n) is 4.82. The first kappa shape index (κ1) is 20.3. The number of nitrogens with one attached hydrogen (secondary N) is 3. The summed E-state index contributed by atoms with van der Waals surface area (Å²) in [7, 11) is 0. The number of amides is 2. The van der Waals surface area contributed by atoms with E-state index < -0.39 is 11.8 Å². The smallest absolute Gasteiger partial charge is 0.271 e. The summed E-state index contributed by atoms with van der Waals surface area (Å²) in [6.07, 6.45) is 0. The number of carbonyl (C=O) groups excluding carboxylic acids is 2. The maximum Gasteiger partial charge on any atom is 0.271 e. The summed E-state index contributed by atoms with van der Waals surface area (Å²) in [4.78, 5) is 23.8. The Morgan fingerprint density at radius 1 is 0.962 bits per heavy atom. The fourth-order valence-corrected chi connectivity index (χ4v) is 2.51. The minimum absolute atomic E-state index is 0.104. The highest BCUT2D eigenvalue weighted by Crippen LogP contribution is 2.20. The molecule has 0 aliphatic heterocycles. The normalized spacial score (nSPS) is 9.96. The predicted octanol–water partition coefficient (Wildman–Crippen LogP) is 3.36. The molecule has 0 aromatic heterocycles. The van der Waals surface area contributed by atoms with E-state index in [1.165, 1.54) is 18.2 Å². The maximum atomic E-state index is 12.0. The van der Waals surface area contributed by atoms with Crippen LogP contribution in [0.5, 0.6) is 5.75 Å². The van der Waals surface area contributed by atoms with Crippen molar-refractivity contribution in [3.8, 4) is 5.75 Å². The fraction of sp³-hybridized carbons (Fsp3) is 0.0625. The average molecular weight is 433 g/mol. The summed E-state index contributed by atoms with van der Waals surface area (Å²) in [5, 5.41) is 3.40. The molecule has 3 N–H and O–H groups in total. The lowest BCUT2D eigenvalue weighted by Crippen LogP contribution is -2.49. The van der Waals surface area contributed by atoms with Gasteiger partial charge in [0.15, 0.2) is 11.7 Å². The maximum absolute atomic E-state index is 12.0. The van der Waals surface area contributed by atoms with Crippen molar-refractivity contribution in [3.63, 3.8) is 0 Å². The summed E-state index contributed by atoms with van der Waals surface area (Å²) >= 11 is 22.4.